The molecule has 3 aromatic rings. The van der Waals surface area contributed by atoms with Gasteiger partial charge in [0.15, 0.2) is 4.96 Å². The SMILES string of the molecule is Cc1ccc(C=Cc2nc3sc(C(=O)N4CCOCC4)cn3c(=O)c2Cl)cc1. The van der Waals surface area contributed by atoms with E-state index in [9.17, 15) is 9.59 Å². The number of halogens is 1. The maximum Gasteiger partial charge on any atom is 0.277 e. The van der Waals surface area contributed by atoms with E-state index in [1.54, 1.807) is 11.0 Å². The molecule has 6 nitrogen and oxygen atoms in total. The fourth-order valence-corrected chi connectivity index (χ4v) is 4.07. The van der Waals surface area contributed by atoms with Crippen molar-refractivity contribution in [1.82, 2.24) is 14.3 Å². The summed E-state index contributed by atoms with van der Waals surface area (Å²) in [7, 11) is 0. The van der Waals surface area contributed by atoms with Crippen molar-refractivity contribution in [3.8, 4) is 0 Å². The first-order chi connectivity index (χ1) is 13.5. The summed E-state index contributed by atoms with van der Waals surface area (Å²) in [6.07, 6.45) is 5.10. The van der Waals surface area contributed by atoms with E-state index in [2.05, 4.69) is 4.98 Å². The summed E-state index contributed by atoms with van der Waals surface area (Å²) in [4.78, 5) is 32.4. The van der Waals surface area contributed by atoms with Crippen LogP contribution in [0.25, 0.3) is 17.1 Å². The standard InChI is InChI=1S/C20H18ClN3O3S/c1-13-2-4-14(5-3-13)6-7-15-17(21)19(26)24-12-16(28-20(24)22-15)18(25)23-8-10-27-11-9-23/h2-7,12H,8-11H2,1H3. The topological polar surface area (TPSA) is 63.9 Å². The van der Waals surface area contributed by atoms with Crippen LogP contribution in [0.1, 0.15) is 26.5 Å². The Hall–Kier alpha value is -2.48. The van der Waals surface area contributed by atoms with Gasteiger partial charge in [0.1, 0.15) is 9.90 Å². The Balaban J connectivity index is 1.67. The summed E-state index contributed by atoms with van der Waals surface area (Å²) in [5.74, 6) is -0.119. The van der Waals surface area contributed by atoms with Crippen LogP contribution in [0.4, 0.5) is 0 Å². The van der Waals surface area contributed by atoms with Gasteiger partial charge in [0.05, 0.1) is 18.9 Å². The average molecular weight is 416 g/mol. The lowest BCUT2D eigenvalue weighted by Crippen LogP contribution is -2.40. The number of carbonyl (C=O) groups excluding carboxylic acids is 1. The van der Waals surface area contributed by atoms with Crippen molar-refractivity contribution < 1.29 is 9.53 Å². The lowest BCUT2D eigenvalue weighted by molar-refractivity contribution is 0.0306. The van der Waals surface area contributed by atoms with Crippen LogP contribution in [0.5, 0.6) is 0 Å². The Morgan fingerprint density at radius 2 is 1.93 bits per heavy atom. The van der Waals surface area contributed by atoms with Crippen LogP contribution >= 0.6 is 22.9 Å². The number of nitrogens with zero attached hydrogens (tertiary/aromatic N) is 3. The van der Waals surface area contributed by atoms with E-state index in [1.165, 1.54) is 27.5 Å². The minimum atomic E-state index is -0.382. The summed E-state index contributed by atoms with van der Waals surface area (Å²) >= 11 is 7.43. The van der Waals surface area contributed by atoms with Gasteiger partial charge in [-0.1, -0.05) is 58.8 Å². The molecule has 0 aliphatic carbocycles. The van der Waals surface area contributed by atoms with Crippen molar-refractivity contribution in [2.24, 2.45) is 0 Å². The normalized spacial score (nSPS) is 14.9. The largest absolute Gasteiger partial charge is 0.378 e. The van der Waals surface area contributed by atoms with E-state index in [1.807, 2.05) is 37.3 Å². The highest BCUT2D eigenvalue weighted by Crippen LogP contribution is 2.21. The van der Waals surface area contributed by atoms with Crippen molar-refractivity contribution >= 4 is 46.0 Å². The van der Waals surface area contributed by atoms with Gasteiger partial charge in [-0.05, 0) is 18.6 Å². The molecule has 1 aliphatic heterocycles. The number of aryl methyl sites for hydroxylation is 1. The summed E-state index contributed by atoms with van der Waals surface area (Å²) in [6.45, 7) is 4.15. The third kappa shape index (κ3) is 3.73. The molecule has 0 radical (unpaired) electrons. The van der Waals surface area contributed by atoms with Crippen LogP contribution in [0.3, 0.4) is 0 Å². The third-order valence-corrected chi connectivity index (χ3v) is 5.85. The number of benzene rings is 1. The molecule has 2 aromatic heterocycles. The highest BCUT2D eigenvalue weighted by atomic mass is 35.5. The van der Waals surface area contributed by atoms with E-state index in [0.29, 0.717) is 41.8 Å². The molecule has 0 N–H and O–H groups in total. The highest BCUT2D eigenvalue weighted by molar-refractivity contribution is 7.18. The molecular weight excluding hydrogens is 398 g/mol. The molecule has 0 spiro atoms. The van der Waals surface area contributed by atoms with Crippen molar-refractivity contribution in [1.29, 1.82) is 0 Å². The molecule has 0 bridgehead atoms. The lowest BCUT2D eigenvalue weighted by Gasteiger charge is -2.26. The molecule has 0 atom stereocenters. The van der Waals surface area contributed by atoms with Gasteiger partial charge in [0.2, 0.25) is 0 Å². The van der Waals surface area contributed by atoms with Crippen molar-refractivity contribution in [3.63, 3.8) is 0 Å². The van der Waals surface area contributed by atoms with E-state index in [-0.39, 0.29) is 16.5 Å². The molecule has 3 heterocycles. The average Bonchev–Trinajstić information content (AvgIpc) is 3.15. The zero-order valence-corrected chi connectivity index (χ0v) is 16.8. The van der Waals surface area contributed by atoms with Gasteiger partial charge < -0.3 is 9.64 Å². The number of morpholine rings is 1. The van der Waals surface area contributed by atoms with E-state index in [4.69, 9.17) is 16.3 Å². The van der Waals surface area contributed by atoms with Crippen molar-refractivity contribution in [2.45, 2.75) is 6.92 Å². The number of aromatic nitrogens is 2. The molecule has 28 heavy (non-hydrogen) atoms. The summed E-state index contributed by atoms with van der Waals surface area (Å²) in [5.41, 5.74) is 2.16. The first kappa shape index (κ1) is 18.9. The van der Waals surface area contributed by atoms with E-state index >= 15 is 0 Å². The molecular formula is C20H18ClN3O3S. The maximum absolute atomic E-state index is 12.7. The number of ether oxygens (including phenoxy) is 1. The second kappa shape index (κ2) is 7.87. The van der Waals surface area contributed by atoms with E-state index in [0.717, 1.165) is 5.56 Å². The summed E-state index contributed by atoms with van der Waals surface area (Å²) in [5, 5.41) is 0.0315. The molecule has 0 unspecified atom stereocenters. The van der Waals surface area contributed by atoms with Crippen LogP contribution < -0.4 is 5.56 Å². The Bertz CT molecular complexity index is 1110. The van der Waals surface area contributed by atoms with Gasteiger partial charge in [0, 0.05) is 19.3 Å². The fourth-order valence-electron chi connectivity index (χ4n) is 2.92. The maximum atomic E-state index is 12.7. The molecule has 8 heteroatoms. The molecule has 1 saturated heterocycles. The Morgan fingerprint density at radius 1 is 1.21 bits per heavy atom. The number of amides is 1. The number of rotatable bonds is 3. The monoisotopic (exact) mass is 415 g/mol. The highest BCUT2D eigenvalue weighted by Gasteiger charge is 2.22. The number of thiazole rings is 1. The number of hydrogen-bond donors (Lipinski definition) is 0. The van der Waals surface area contributed by atoms with Crippen molar-refractivity contribution in [2.75, 3.05) is 26.3 Å². The van der Waals surface area contributed by atoms with Gasteiger partial charge in [-0.15, -0.1) is 0 Å². The molecule has 1 amide bonds. The van der Waals surface area contributed by atoms with Crippen LogP contribution in [0, 0.1) is 6.92 Å². The lowest BCUT2D eigenvalue weighted by atomic mass is 10.1. The third-order valence-electron chi connectivity index (χ3n) is 4.52. The predicted octanol–water partition coefficient (Wildman–Crippen LogP) is 3.36. The minimum Gasteiger partial charge on any atom is -0.378 e. The Labute approximate surface area is 170 Å². The molecule has 1 aliphatic rings. The Kier molecular flexibility index (Phi) is 5.30. The quantitative estimate of drug-likeness (QED) is 0.658. The Morgan fingerprint density at radius 3 is 2.64 bits per heavy atom. The van der Waals surface area contributed by atoms with Crippen LogP contribution in [0.15, 0.2) is 35.3 Å². The first-order valence-corrected chi connectivity index (χ1v) is 10.1. The summed E-state index contributed by atoms with van der Waals surface area (Å²) in [6, 6.07) is 7.98. The number of hydrogen-bond acceptors (Lipinski definition) is 5. The molecule has 0 saturated carbocycles. The van der Waals surface area contributed by atoms with Crippen LogP contribution in [-0.2, 0) is 4.74 Å². The summed E-state index contributed by atoms with van der Waals surface area (Å²) < 4.78 is 6.62. The fraction of sp³-hybridized carbons (Fsp3) is 0.250. The smallest absolute Gasteiger partial charge is 0.277 e. The van der Waals surface area contributed by atoms with Crippen LogP contribution in [-0.4, -0.2) is 46.5 Å². The zero-order chi connectivity index (χ0) is 19.7. The van der Waals surface area contributed by atoms with Gasteiger partial charge in [-0.2, -0.15) is 0 Å². The minimum absolute atomic E-state index is 0.0315. The van der Waals surface area contributed by atoms with Gasteiger partial charge in [-0.25, -0.2) is 4.98 Å². The molecule has 1 aromatic carbocycles. The molecule has 4 rings (SSSR count). The predicted molar refractivity (Wildman–Crippen MR) is 111 cm³/mol. The molecule has 1 fully saturated rings. The van der Waals surface area contributed by atoms with Gasteiger partial charge in [0.25, 0.3) is 11.5 Å². The number of carbonyl (C=O) groups is 1. The first-order valence-electron chi connectivity index (χ1n) is 8.86. The zero-order valence-electron chi connectivity index (χ0n) is 15.2. The molecule has 144 valence electrons. The number of fused-ring (bicyclic) bond motifs is 1. The van der Waals surface area contributed by atoms with E-state index < -0.39 is 0 Å². The van der Waals surface area contributed by atoms with Gasteiger partial charge >= 0.3 is 0 Å². The van der Waals surface area contributed by atoms with Gasteiger partial charge in [-0.3, -0.25) is 14.0 Å². The van der Waals surface area contributed by atoms with Crippen molar-refractivity contribution in [3.05, 3.63) is 67.5 Å². The van der Waals surface area contributed by atoms with Crippen LogP contribution in [0.2, 0.25) is 5.02 Å². The second-order valence-electron chi connectivity index (χ2n) is 6.51. The second-order valence-corrected chi connectivity index (χ2v) is 7.90.